The van der Waals surface area contributed by atoms with Crippen LogP contribution in [0.3, 0.4) is 0 Å². The maximum atomic E-state index is 13.9. The van der Waals surface area contributed by atoms with Crippen molar-refractivity contribution in [1.82, 2.24) is 4.90 Å². The van der Waals surface area contributed by atoms with E-state index in [1.165, 1.54) is 12.1 Å². The quantitative estimate of drug-likeness (QED) is 0.219. The number of rotatable bonds is 11. The first-order valence-corrected chi connectivity index (χ1v) is 15.0. The zero-order valence-electron chi connectivity index (χ0n) is 25.8. The second kappa shape index (κ2) is 13.6. The molecule has 4 rings (SSSR count). The van der Waals surface area contributed by atoms with E-state index >= 15 is 0 Å². The second-order valence-corrected chi connectivity index (χ2v) is 11.5. The summed E-state index contributed by atoms with van der Waals surface area (Å²) < 4.78 is 31.9. The van der Waals surface area contributed by atoms with E-state index in [2.05, 4.69) is 11.5 Å². The van der Waals surface area contributed by atoms with Crippen LogP contribution in [0.15, 0.2) is 77.6 Å². The van der Waals surface area contributed by atoms with E-state index < -0.39 is 17.7 Å². The second-order valence-electron chi connectivity index (χ2n) is 11.5. The van der Waals surface area contributed by atoms with Gasteiger partial charge in [-0.3, -0.25) is 9.80 Å². The van der Waals surface area contributed by atoms with Gasteiger partial charge in [0.2, 0.25) is 0 Å². The van der Waals surface area contributed by atoms with E-state index in [0.717, 1.165) is 30.0 Å². The van der Waals surface area contributed by atoms with Crippen molar-refractivity contribution in [1.29, 1.82) is 0 Å². The van der Waals surface area contributed by atoms with E-state index in [-0.39, 0.29) is 23.2 Å². The monoisotopic (exact) mass is 594 g/mol. The summed E-state index contributed by atoms with van der Waals surface area (Å²) in [5.74, 6) is 0.000720. The van der Waals surface area contributed by atoms with Crippen molar-refractivity contribution in [3.05, 3.63) is 88.7 Å². The number of nitrogens with zero attached hydrogens (tertiary/aromatic N) is 2. The number of benzene rings is 1. The van der Waals surface area contributed by atoms with Crippen LogP contribution in [0.5, 0.6) is 0 Å². The van der Waals surface area contributed by atoms with Crippen molar-refractivity contribution < 1.29 is 33.3 Å². The number of amides is 1. The Kier molecular flexibility index (Phi) is 10.2. The largest absolute Gasteiger partial charge is 0.498 e. The van der Waals surface area contributed by atoms with Crippen LogP contribution in [0, 0.1) is 18.8 Å². The zero-order valence-corrected chi connectivity index (χ0v) is 25.8. The van der Waals surface area contributed by atoms with Gasteiger partial charge in [0, 0.05) is 44.0 Å². The number of allylic oxidation sites excluding steroid dienone is 6. The fourth-order valence-electron chi connectivity index (χ4n) is 6.16. The Labute approximate surface area is 253 Å². The number of carboxylic acids is 1. The van der Waals surface area contributed by atoms with E-state index in [1.807, 2.05) is 39.8 Å². The van der Waals surface area contributed by atoms with Gasteiger partial charge in [-0.05, 0) is 81.2 Å². The predicted octanol–water partition coefficient (Wildman–Crippen LogP) is 6.95. The van der Waals surface area contributed by atoms with Crippen LogP contribution >= 0.6 is 0 Å². The lowest BCUT2D eigenvalue weighted by molar-refractivity contribution is 0.00318. The molecule has 1 aliphatic carbocycles. The van der Waals surface area contributed by atoms with Crippen LogP contribution in [0.1, 0.15) is 56.5 Å². The molecule has 43 heavy (non-hydrogen) atoms. The Balaban J connectivity index is 1.44. The van der Waals surface area contributed by atoms with Gasteiger partial charge in [-0.1, -0.05) is 19.6 Å². The fourth-order valence-corrected chi connectivity index (χ4v) is 6.16. The number of ether oxygens (including phenoxy) is 3. The highest BCUT2D eigenvalue weighted by Crippen LogP contribution is 2.38. The van der Waals surface area contributed by atoms with Crippen molar-refractivity contribution in [2.75, 3.05) is 44.3 Å². The number of anilines is 1. The Hall–Kier alpha value is -3.85. The van der Waals surface area contributed by atoms with Crippen molar-refractivity contribution in [2.24, 2.45) is 11.8 Å². The van der Waals surface area contributed by atoms with Gasteiger partial charge in [-0.25, -0.2) is 14.0 Å². The van der Waals surface area contributed by atoms with Crippen molar-refractivity contribution in [2.45, 2.75) is 53.1 Å². The van der Waals surface area contributed by atoms with Crippen LogP contribution in [0.2, 0.25) is 0 Å². The first kappa shape index (κ1) is 32.1. The normalized spacial score (nSPS) is 22.7. The Morgan fingerprint density at radius 2 is 1.93 bits per heavy atom. The lowest BCUT2D eigenvalue weighted by Gasteiger charge is -2.37. The molecule has 3 aliphatic rings. The van der Waals surface area contributed by atoms with Crippen LogP contribution in [-0.2, 0) is 14.2 Å². The number of likely N-dealkylation sites (tertiary alicyclic amines) is 1. The number of carbonyl (C=O) groups excluding carboxylic acids is 1. The number of hydrogen-bond donors (Lipinski definition) is 1. The van der Waals surface area contributed by atoms with Crippen molar-refractivity contribution >= 4 is 17.7 Å². The molecule has 1 aromatic rings. The molecule has 1 aromatic carbocycles. The SMILES string of the molecule is C=C(C=C(OCC)C(=C(C)OCC)C1C=CC(F)=CC1C)CN1CCC2(CC1)CN(c1ccc(C(=O)O)cc1C)C(=O)O2. The van der Waals surface area contributed by atoms with Crippen LogP contribution in [-0.4, -0.2) is 67.1 Å². The number of piperidine rings is 1. The molecule has 9 heteroatoms. The van der Waals surface area contributed by atoms with Crippen molar-refractivity contribution in [3.8, 4) is 0 Å². The third kappa shape index (κ3) is 7.39. The number of aromatic carboxylic acids is 1. The molecular formula is C34H43FN2O6. The number of halogens is 1. The molecule has 2 saturated heterocycles. The van der Waals surface area contributed by atoms with Crippen LogP contribution < -0.4 is 4.90 Å². The van der Waals surface area contributed by atoms with Crippen LogP contribution in [0.25, 0.3) is 0 Å². The summed E-state index contributed by atoms with van der Waals surface area (Å²) >= 11 is 0. The van der Waals surface area contributed by atoms with Gasteiger partial charge in [0.1, 0.15) is 22.9 Å². The van der Waals surface area contributed by atoms with E-state index in [1.54, 1.807) is 30.0 Å². The maximum Gasteiger partial charge on any atom is 0.415 e. The summed E-state index contributed by atoms with van der Waals surface area (Å²) in [6.07, 6.45) is 7.89. The topological polar surface area (TPSA) is 88.5 Å². The van der Waals surface area contributed by atoms with Gasteiger partial charge in [0.15, 0.2) is 0 Å². The van der Waals surface area contributed by atoms with Crippen molar-refractivity contribution in [3.63, 3.8) is 0 Å². The highest BCUT2D eigenvalue weighted by molar-refractivity contribution is 5.93. The molecule has 1 amide bonds. The summed E-state index contributed by atoms with van der Waals surface area (Å²) in [6, 6.07) is 4.76. The maximum absolute atomic E-state index is 13.9. The van der Waals surface area contributed by atoms with E-state index in [9.17, 15) is 19.1 Å². The molecule has 0 aromatic heterocycles. The molecule has 2 heterocycles. The average molecular weight is 595 g/mol. The van der Waals surface area contributed by atoms with Gasteiger partial charge in [-0.15, -0.1) is 0 Å². The highest BCUT2D eigenvalue weighted by atomic mass is 19.1. The third-order valence-electron chi connectivity index (χ3n) is 8.32. The molecule has 2 fully saturated rings. The van der Waals surface area contributed by atoms with Gasteiger partial charge >= 0.3 is 12.1 Å². The third-order valence-corrected chi connectivity index (χ3v) is 8.32. The molecule has 232 valence electrons. The number of carbonyl (C=O) groups is 2. The lowest BCUT2D eigenvalue weighted by atomic mass is 9.81. The molecule has 2 unspecified atom stereocenters. The number of hydrogen-bond acceptors (Lipinski definition) is 6. The van der Waals surface area contributed by atoms with Gasteiger partial charge < -0.3 is 19.3 Å². The predicted molar refractivity (Wildman–Crippen MR) is 165 cm³/mol. The average Bonchev–Trinajstić information content (AvgIpc) is 3.26. The Bertz CT molecular complexity index is 1370. The molecule has 0 bridgehead atoms. The smallest absolute Gasteiger partial charge is 0.415 e. The Morgan fingerprint density at radius 1 is 1.23 bits per heavy atom. The molecule has 0 saturated carbocycles. The molecule has 2 atom stereocenters. The summed E-state index contributed by atoms with van der Waals surface area (Å²) in [5, 5.41) is 9.28. The molecule has 1 N–H and O–H groups in total. The lowest BCUT2D eigenvalue weighted by Crippen LogP contribution is -2.47. The molecule has 1 spiro atoms. The standard InChI is InChI=1S/C34H43FN2O6/c1-7-41-25(6)31(28-11-10-27(35)19-23(28)4)30(42-8-2)17-22(3)20-36-15-13-34(14-16-36)21-37(33(40)43-34)29-12-9-26(32(38)39)18-24(29)5/h9-12,17-19,23,28H,3,7-8,13-16,20-21H2,1-2,4-6H3,(H,38,39). The first-order chi connectivity index (χ1) is 20.5. The van der Waals surface area contributed by atoms with E-state index in [4.69, 9.17) is 14.2 Å². The fraction of sp³-hybridized carbons (Fsp3) is 0.471. The first-order valence-electron chi connectivity index (χ1n) is 15.0. The zero-order chi connectivity index (χ0) is 31.3. The molecular weight excluding hydrogens is 551 g/mol. The summed E-state index contributed by atoms with van der Waals surface area (Å²) in [5.41, 5.74) is 2.74. The number of carboxylic acid groups (broad SMARTS) is 1. The molecule has 8 nitrogen and oxygen atoms in total. The van der Waals surface area contributed by atoms with Crippen LogP contribution in [0.4, 0.5) is 14.9 Å². The minimum atomic E-state index is -1.00. The summed E-state index contributed by atoms with van der Waals surface area (Å²) in [7, 11) is 0. The van der Waals surface area contributed by atoms with Gasteiger partial charge in [-0.2, -0.15) is 0 Å². The molecule has 2 aliphatic heterocycles. The summed E-state index contributed by atoms with van der Waals surface area (Å²) in [6.45, 7) is 17.4. The molecule has 0 radical (unpaired) electrons. The minimum Gasteiger partial charge on any atom is -0.498 e. The van der Waals surface area contributed by atoms with E-state index in [0.29, 0.717) is 56.2 Å². The Morgan fingerprint density at radius 3 is 2.53 bits per heavy atom. The number of aryl methyl sites for hydroxylation is 1. The van der Waals surface area contributed by atoms with Gasteiger partial charge in [0.05, 0.1) is 31.0 Å². The highest BCUT2D eigenvalue weighted by Gasteiger charge is 2.47. The summed E-state index contributed by atoms with van der Waals surface area (Å²) in [4.78, 5) is 28.1. The van der Waals surface area contributed by atoms with Gasteiger partial charge in [0.25, 0.3) is 0 Å². The minimum absolute atomic E-state index is 0.0709.